The number of aromatic carboxylic acids is 1. The molecule has 5 nitrogen and oxygen atoms in total. The number of carbonyl (C=O) groups excluding carboxylic acids is 1. The van der Waals surface area contributed by atoms with Crippen LogP contribution in [-0.4, -0.2) is 10.4 Å². The summed E-state index contributed by atoms with van der Waals surface area (Å²) in [6.07, 6.45) is 3.12. The standard InChI is InChI=1S/C20H16F2N2O3.K/c1-9-11(13-7-16(22)17(23)8-15(13)21)4-5-24-18(9)12(10-2-3-10)6-14(19(24)25)20(26)27;/h4-8,10H,2-3,23H2,1H3,(H,26,27);/q;+1/p-1. The summed E-state index contributed by atoms with van der Waals surface area (Å²) >= 11 is 0. The van der Waals surface area contributed by atoms with Gasteiger partial charge in [0.15, 0.2) is 0 Å². The zero-order valence-corrected chi connectivity index (χ0v) is 18.5. The van der Waals surface area contributed by atoms with E-state index in [1.54, 1.807) is 6.92 Å². The molecule has 2 aromatic heterocycles. The maximum Gasteiger partial charge on any atom is 1.00 e. The molecule has 0 unspecified atom stereocenters. The Bertz CT molecular complexity index is 1190. The fourth-order valence-corrected chi connectivity index (χ4v) is 3.51. The first-order chi connectivity index (χ1) is 12.8. The summed E-state index contributed by atoms with van der Waals surface area (Å²) in [5, 5.41) is 11.3. The molecule has 0 saturated heterocycles. The Morgan fingerprint density at radius 2 is 1.86 bits per heavy atom. The zero-order chi connectivity index (χ0) is 19.5. The van der Waals surface area contributed by atoms with Crippen molar-refractivity contribution in [3.63, 3.8) is 0 Å². The Labute approximate surface area is 201 Å². The summed E-state index contributed by atoms with van der Waals surface area (Å²) in [5.41, 5.74) is 6.21. The van der Waals surface area contributed by atoms with Gasteiger partial charge in [0.2, 0.25) is 0 Å². The van der Waals surface area contributed by atoms with Crippen molar-refractivity contribution < 1.29 is 70.1 Å². The largest absolute Gasteiger partial charge is 1.00 e. The molecule has 4 rings (SSSR count). The molecule has 1 saturated carbocycles. The van der Waals surface area contributed by atoms with Crippen LogP contribution in [0, 0.1) is 18.6 Å². The van der Waals surface area contributed by atoms with Crippen molar-refractivity contribution in [1.29, 1.82) is 0 Å². The molecule has 1 aromatic carbocycles. The second kappa shape index (κ2) is 7.68. The van der Waals surface area contributed by atoms with Gasteiger partial charge in [-0.1, -0.05) is 0 Å². The van der Waals surface area contributed by atoms with Gasteiger partial charge >= 0.3 is 51.4 Å². The number of rotatable bonds is 3. The number of halogens is 2. The molecule has 1 fully saturated rings. The molecule has 1 aliphatic rings. The summed E-state index contributed by atoms with van der Waals surface area (Å²) in [5.74, 6) is -2.83. The second-order valence-corrected chi connectivity index (χ2v) is 6.81. The van der Waals surface area contributed by atoms with Crippen LogP contribution in [0.1, 0.15) is 40.2 Å². The van der Waals surface area contributed by atoms with Crippen molar-refractivity contribution in [2.24, 2.45) is 0 Å². The van der Waals surface area contributed by atoms with Crippen LogP contribution < -0.4 is 67.8 Å². The van der Waals surface area contributed by atoms with Gasteiger partial charge < -0.3 is 15.6 Å². The molecule has 0 bridgehead atoms. The van der Waals surface area contributed by atoms with Crippen LogP contribution in [0.4, 0.5) is 14.5 Å². The second-order valence-electron chi connectivity index (χ2n) is 6.81. The van der Waals surface area contributed by atoms with Crippen molar-refractivity contribution in [2.75, 3.05) is 5.73 Å². The van der Waals surface area contributed by atoms with Crippen LogP contribution in [0.15, 0.2) is 35.3 Å². The molecule has 138 valence electrons. The third-order valence-corrected chi connectivity index (χ3v) is 5.03. The number of anilines is 1. The van der Waals surface area contributed by atoms with E-state index in [4.69, 9.17) is 5.73 Å². The molecule has 0 amide bonds. The van der Waals surface area contributed by atoms with Gasteiger partial charge in [0.1, 0.15) is 11.6 Å². The number of aromatic nitrogens is 1. The molecule has 0 spiro atoms. The Kier molecular flexibility index (Phi) is 5.80. The normalized spacial score (nSPS) is 13.4. The van der Waals surface area contributed by atoms with Gasteiger partial charge in [-0.15, -0.1) is 0 Å². The van der Waals surface area contributed by atoms with Gasteiger partial charge in [-0.05, 0) is 60.6 Å². The summed E-state index contributed by atoms with van der Waals surface area (Å²) in [7, 11) is 0. The molecule has 0 atom stereocenters. The van der Waals surface area contributed by atoms with Gasteiger partial charge in [-0.3, -0.25) is 9.20 Å². The van der Waals surface area contributed by atoms with E-state index in [0.29, 0.717) is 22.2 Å². The van der Waals surface area contributed by atoms with Crippen molar-refractivity contribution >= 4 is 17.2 Å². The number of nitrogen functional groups attached to an aromatic ring is 1. The molecule has 8 heteroatoms. The maximum absolute atomic E-state index is 14.4. The predicted octanol–water partition coefficient (Wildman–Crippen LogP) is -0.620. The summed E-state index contributed by atoms with van der Waals surface area (Å²) in [4.78, 5) is 23.8. The van der Waals surface area contributed by atoms with E-state index in [9.17, 15) is 23.5 Å². The van der Waals surface area contributed by atoms with E-state index in [1.165, 1.54) is 22.7 Å². The van der Waals surface area contributed by atoms with E-state index in [0.717, 1.165) is 25.0 Å². The number of pyridine rings is 2. The van der Waals surface area contributed by atoms with E-state index >= 15 is 0 Å². The Balaban J connectivity index is 0.00000225. The van der Waals surface area contributed by atoms with E-state index < -0.39 is 28.7 Å². The zero-order valence-electron chi connectivity index (χ0n) is 15.4. The molecule has 2 heterocycles. The first kappa shape index (κ1) is 21.1. The van der Waals surface area contributed by atoms with E-state index in [-0.39, 0.29) is 68.6 Å². The number of benzene rings is 1. The minimum Gasteiger partial charge on any atom is -0.545 e. The molecular weight excluding hydrogens is 393 g/mol. The van der Waals surface area contributed by atoms with Crippen molar-refractivity contribution in [3.05, 3.63) is 69.1 Å². The third-order valence-electron chi connectivity index (χ3n) is 5.03. The number of nitrogens with two attached hydrogens (primary N) is 1. The molecule has 0 radical (unpaired) electrons. The minimum atomic E-state index is -1.54. The van der Waals surface area contributed by atoms with Crippen LogP contribution in [0.3, 0.4) is 0 Å². The SMILES string of the molecule is Cc1c(-c2cc(F)c(N)cc2F)ccn2c(=O)c(C(=O)[O-])cc(C3CC3)c12.[K+]. The number of carbonyl (C=O) groups is 1. The molecule has 1 aliphatic carbocycles. The van der Waals surface area contributed by atoms with Gasteiger partial charge in [-0.2, -0.15) is 0 Å². The van der Waals surface area contributed by atoms with E-state index in [1.807, 2.05) is 0 Å². The number of fused-ring (bicyclic) bond motifs is 1. The first-order valence-electron chi connectivity index (χ1n) is 8.44. The number of hydrogen-bond donors (Lipinski definition) is 1. The molecule has 3 aromatic rings. The first-order valence-corrected chi connectivity index (χ1v) is 8.44. The van der Waals surface area contributed by atoms with Gasteiger partial charge in [0.25, 0.3) is 5.56 Å². The summed E-state index contributed by atoms with van der Waals surface area (Å²) in [6.45, 7) is 1.70. The monoisotopic (exact) mass is 408 g/mol. The van der Waals surface area contributed by atoms with Gasteiger partial charge in [0, 0.05) is 17.8 Å². The number of hydrogen-bond acceptors (Lipinski definition) is 4. The fourth-order valence-electron chi connectivity index (χ4n) is 3.51. The summed E-state index contributed by atoms with van der Waals surface area (Å²) < 4.78 is 29.5. The Hall–Kier alpha value is -1.58. The molecule has 2 N–H and O–H groups in total. The van der Waals surface area contributed by atoms with Crippen molar-refractivity contribution in [1.82, 2.24) is 4.40 Å². The smallest absolute Gasteiger partial charge is 0.545 e. The number of carboxylic acid groups (broad SMARTS) is 1. The number of aryl methyl sites for hydroxylation is 1. The van der Waals surface area contributed by atoms with Crippen LogP contribution in [0.25, 0.3) is 16.6 Å². The predicted molar refractivity (Wildman–Crippen MR) is 94.5 cm³/mol. The summed E-state index contributed by atoms with van der Waals surface area (Å²) in [6, 6.07) is 4.75. The quantitative estimate of drug-likeness (QED) is 0.462. The minimum absolute atomic E-state index is 0. The average molecular weight is 408 g/mol. The molecule has 28 heavy (non-hydrogen) atoms. The topological polar surface area (TPSA) is 87.6 Å². The fraction of sp³-hybridized carbons (Fsp3) is 0.200. The number of nitrogens with zero attached hydrogens (tertiary/aromatic N) is 1. The number of carboxylic acids is 1. The average Bonchev–Trinajstić information content (AvgIpc) is 3.44. The Morgan fingerprint density at radius 1 is 1.18 bits per heavy atom. The van der Waals surface area contributed by atoms with Crippen LogP contribution >= 0.6 is 0 Å². The van der Waals surface area contributed by atoms with Gasteiger partial charge in [0.05, 0.1) is 22.7 Å². The third kappa shape index (κ3) is 3.44. The van der Waals surface area contributed by atoms with E-state index in [2.05, 4.69) is 0 Å². The van der Waals surface area contributed by atoms with Crippen LogP contribution in [-0.2, 0) is 0 Å². The maximum atomic E-state index is 14.4. The molecular formula is C20H15F2KN2O3. The van der Waals surface area contributed by atoms with Gasteiger partial charge in [-0.25, -0.2) is 8.78 Å². The Morgan fingerprint density at radius 3 is 2.46 bits per heavy atom. The van der Waals surface area contributed by atoms with Crippen LogP contribution in [0.2, 0.25) is 0 Å². The molecule has 0 aliphatic heterocycles. The van der Waals surface area contributed by atoms with Crippen molar-refractivity contribution in [3.8, 4) is 11.1 Å². The van der Waals surface area contributed by atoms with Crippen LogP contribution in [0.5, 0.6) is 0 Å². The van der Waals surface area contributed by atoms with Crippen molar-refractivity contribution in [2.45, 2.75) is 25.7 Å².